The maximum Gasteiger partial charge on any atom is 0.266 e. The van der Waals surface area contributed by atoms with Crippen LogP contribution in [0.25, 0.3) is 5.70 Å². The second kappa shape index (κ2) is 5.75. The maximum atomic E-state index is 11.9. The van der Waals surface area contributed by atoms with Gasteiger partial charge in [-0.15, -0.1) is 0 Å². The van der Waals surface area contributed by atoms with Gasteiger partial charge in [0.1, 0.15) is 6.17 Å². The zero-order chi connectivity index (χ0) is 14.8. The minimum atomic E-state index is -1.44. The van der Waals surface area contributed by atoms with Crippen LogP contribution in [0, 0.1) is 0 Å². The predicted molar refractivity (Wildman–Crippen MR) is 79.4 cm³/mol. The van der Waals surface area contributed by atoms with Gasteiger partial charge in [-0.2, -0.15) is 0 Å². The first kappa shape index (κ1) is 13.9. The number of nitrogens with two attached hydrogens (primary N) is 1. The number of likely N-dealkylation sites (tertiary alicyclic amines) is 1. The van der Waals surface area contributed by atoms with Gasteiger partial charge in [0.2, 0.25) is 0 Å². The second-order valence-corrected chi connectivity index (χ2v) is 5.40. The summed E-state index contributed by atoms with van der Waals surface area (Å²) in [6.45, 7) is 0.637. The van der Waals surface area contributed by atoms with E-state index in [4.69, 9.17) is 5.73 Å². The van der Waals surface area contributed by atoms with Gasteiger partial charge in [0.15, 0.2) is 6.23 Å². The van der Waals surface area contributed by atoms with Gasteiger partial charge in [0.25, 0.3) is 5.91 Å². The number of rotatable bonds is 3. The topological polar surface area (TPSA) is 90.6 Å². The van der Waals surface area contributed by atoms with Crippen molar-refractivity contribution in [2.24, 2.45) is 5.73 Å². The molecule has 2 unspecified atom stereocenters. The van der Waals surface area contributed by atoms with E-state index >= 15 is 0 Å². The van der Waals surface area contributed by atoms with Crippen molar-refractivity contribution in [2.75, 3.05) is 6.54 Å². The molecule has 3 atom stereocenters. The average molecular weight is 288 g/mol. The molecule has 6 nitrogen and oxygen atoms in total. The molecule has 2 aliphatic heterocycles. The van der Waals surface area contributed by atoms with Crippen LogP contribution >= 0.6 is 0 Å². The minimum absolute atomic E-state index is 0.00633. The molecule has 1 fully saturated rings. The summed E-state index contributed by atoms with van der Waals surface area (Å²) in [4.78, 5) is 13.6. The maximum absolute atomic E-state index is 11.9. The first-order chi connectivity index (χ1) is 10.2. The molecule has 21 heavy (non-hydrogen) atoms. The van der Waals surface area contributed by atoms with Crippen LogP contribution in [0.1, 0.15) is 18.4 Å². The van der Waals surface area contributed by atoms with Gasteiger partial charge in [-0.05, 0) is 18.4 Å². The molecule has 0 aliphatic carbocycles. The van der Waals surface area contributed by atoms with E-state index < -0.39 is 12.1 Å². The molecule has 1 aromatic rings. The Balaban J connectivity index is 1.68. The van der Waals surface area contributed by atoms with E-state index in [9.17, 15) is 9.90 Å². The third-order valence-electron chi connectivity index (χ3n) is 4.02. The predicted octanol–water partition coefficient (Wildman–Crippen LogP) is -0.228. The summed E-state index contributed by atoms with van der Waals surface area (Å²) < 4.78 is 0. The largest absolute Gasteiger partial charge is 0.370 e. The van der Waals surface area contributed by atoms with Gasteiger partial charge in [-0.3, -0.25) is 10.5 Å². The van der Waals surface area contributed by atoms with Crippen LogP contribution < -0.4 is 16.4 Å². The SMILES string of the molecule is NC(O)C(=O)N1CCC[C@H]1C1NC=C(c2ccccc2)N1. The number of carbonyl (C=O) groups excluding carboxylic acids is 1. The van der Waals surface area contributed by atoms with Gasteiger partial charge in [-0.25, -0.2) is 0 Å². The highest BCUT2D eigenvalue weighted by atomic mass is 16.3. The smallest absolute Gasteiger partial charge is 0.266 e. The molecule has 5 N–H and O–H groups in total. The molecule has 6 heteroatoms. The fraction of sp³-hybridized carbons (Fsp3) is 0.400. The van der Waals surface area contributed by atoms with Crippen LogP contribution in [0.2, 0.25) is 0 Å². The summed E-state index contributed by atoms with van der Waals surface area (Å²) in [5, 5.41) is 16.0. The minimum Gasteiger partial charge on any atom is -0.370 e. The van der Waals surface area contributed by atoms with Crippen LogP contribution in [0.15, 0.2) is 36.5 Å². The lowest BCUT2D eigenvalue weighted by atomic mass is 10.1. The molecule has 1 aromatic carbocycles. The fourth-order valence-corrected chi connectivity index (χ4v) is 3.00. The Hall–Kier alpha value is -2.05. The second-order valence-electron chi connectivity index (χ2n) is 5.40. The van der Waals surface area contributed by atoms with Crippen LogP contribution in [0.3, 0.4) is 0 Å². The number of aliphatic hydroxyl groups excluding tert-OH is 1. The Morgan fingerprint density at radius 1 is 1.38 bits per heavy atom. The summed E-state index contributed by atoms with van der Waals surface area (Å²) in [5.74, 6) is -0.408. The number of aliphatic hydroxyl groups is 1. The number of nitrogens with one attached hydrogen (secondary N) is 2. The van der Waals surface area contributed by atoms with E-state index in [2.05, 4.69) is 10.6 Å². The van der Waals surface area contributed by atoms with Crippen molar-refractivity contribution in [3.8, 4) is 0 Å². The van der Waals surface area contributed by atoms with Crippen molar-refractivity contribution in [3.63, 3.8) is 0 Å². The standard InChI is InChI=1S/C15H20N4O2/c16-13(20)15(21)19-8-4-7-12(19)14-17-9-11(18-14)10-5-2-1-3-6-10/h1-3,5-6,9,12-14,17-18,20H,4,7-8,16H2/t12-,13?,14?/m0/s1. The summed E-state index contributed by atoms with van der Waals surface area (Å²) in [5.41, 5.74) is 7.41. The molecule has 0 bridgehead atoms. The summed E-state index contributed by atoms with van der Waals surface area (Å²) >= 11 is 0. The lowest BCUT2D eigenvalue weighted by Crippen LogP contribution is -2.54. The highest BCUT2D eigenvalue weighted by molar-refractivity contribution is 5.80. The zero-order valence-electron chi connectivity index (χ0n) is 11.7. The number of hydrogen-bond acceptors (Lipinski definition) is 5. The van der Waals surface area contributed by atoms with Crippen LogP contribution in [0.4, 0.5) is 0 Å². The first-order valence-corrected chi connectivity index (χ1v) is 7.19. The summed E-state index contributed by atoms with van der Waals surface area (Å²) in [6, 6.07) is 10.0. The molecular formula is C15H20N4O2. The van der Waals surface area contributed by atoms with Gasteiger partial charge in [0.05, 0.1) is 11.7 Å². The van der Waals surface area contributed by atoms with Crippen molar-refractivity contribution < 1.29 is 9.90 Å². The summed E-state index contributed by atoms with van der Waals surface area (Å²) in [7, 11) is 0. The summed E-state index contributed by atoms with van der Waals surface area (Å²) in [6.07, 6.45) is 2.25. The Kier molecular flexibility index (Phi) is 3.81. The molecule has 1 amide bonds. The van der Waals surface area contributed by atoms with Crippen molar-refractivity contribution >= 4 is 11.6 Å². The average Bonchev–Trinajstić information content (AvgIpc) is 3.16. The first-order valence-electron chi connectivity index (χ1n) is 7.19. The third kappa shape index (κ3) is 2.72. The van der Waals surface area contributed by atoms with Gasteiger partial charge in [-0.1, -0.05) is 30.3 Å². The van der Waals surface area contributed by atoms with E-state index in [1.54, 1.807) is 4.90 Å². The molecule has 0 spiro atoms. The van der Waals surface area contributed by atoms with Crippen LogP contribution in [-0.4, -0.2) is 40.9 Å². The van der Waals surface area contributed by atoms with Crippen molar-refractivity contribution in [3.05, 3.63) is 42.1 Å². The molecular weight excluding hydrogens is 268 g/mol. The fourth-order valence-electron chi connectivity index (χ4n) is 3.00. The van der Waals surface area contributed by atoms with E-state index in [1.165, 1.54) is 0 Å². The Labute approximate surface area is 123 Å². The lowest BCUT2D eigenvalue weighted by molar-refractivity contribution is -0.141. The number of benzene rings is 1. The van der Waals surface area contributed by atoms with Crippen LogP contribution in [0.5, 0.6) is 0 Å². The molecule has 0 radical (unpaired) electrons. The van der Waals surface area contributed by atoms with Crippen molar-refractivity contribution in [2.45, 2.75) is 31.3 Å². The van der Waals surface area contributed by atoms with Gasteiger partial charge < -0.3 is 20.6 Å². The van der Waals surface area contributed by atoms with E-state index in [-0.39, 0.29) is 12.2 Å². The van der Waals surface area contributed by atoms with Crippen molar-refractivity contribution in [1.29, 1.82) is 0 Å². The molecule has 2 aliphatic rings. The van der Waals surface area contributed by atoms with Gasteiger partial charge >= 0.3 is 0 Å². The molecule has 112 valence electrons. The highest BCUT2D eigenvalue weighted by Crippen LogP contribution is 2.24. The van der Waals surface area contributed by atoms with Crippen LogP contribution in [-0.2, 0) is 4.79 Å². The molecule has 1 saturated heterocycles. The Bertz CT molecular complexity index is 544. The number of amides is 1. The van der Waals surface area contributed by atoms with Crippen molar-refractivity contribution in [1.82, 2.24) is 15.5 Å². The molecule has 0 saturated carbocycles. The number of nitrogens with zero attached hydrogens (tertiary/aromatic N) is 1. The van der Waals surface area contributed by atoms with Gasteiger partial charge in [0, 0.05) is 12.7 Å². The molecule has 3 rings (SSSR count). The Morgan fingerprint density at radius 3 is 2.86 bits per heavy atom. The zero-order valence-corrected chi connectivity index (χ0v) is 11.7. The number of hydrogen-bond donors (Lipinski definition) is 4. The normalized spacial score (nSPS) is 26.0. The number of carbonyl (C=O) groups is 1. The molecule has 0 aromatic heterocycles. The van der Waals surface area contributed by atoms with E-state index in [0.717, 1.165) is 24.1 Å². The van der Waals surface area contributed by atoms with E-state index in [1.807, 2.05) is 36.5 Å². The Morgan fingerprint density at radius 2 is 2.14 bits per heavy atom. The third-order valence-corrected chi connectivity index (χ3v) is 4.02. The van der Waals surface area contributed by atoms with E-state index in [0.29, 0.717) is 6.54 Å². The lowest BCUT2D eigenvalue weighted by Gasteiger charge is -2.31. The highest BCUT2D eigenvalue weighted by Gasteiger charge is 2.37. The quantitative estimate of drug-likeness (QED) is 0.577. The monoisotopic (exact) mass is 288 g/mol. The molecule has 2 heterocycles.